The fraction of sp³-hybridized carbons (Fsp3) is 0.600. The SMILES string of the molecule is OC1CCC(CNc2ccc3c(c2)CCO3)CC1. The Kier molecular flexibility index (Phi) is 3.41. The molecule has 3 heteroatoms. The van der Waals surface area contributed by atoms with Crippen LogP contribution in [0.3, 0.4) is 0 Å². The lowest BCUT2D eigenvalue weighted by Gasteiger charge is -2.25. The molecule has 1 saturated carbocycles. The number of hydrogen-bond acceptors (Lipinski definition) is 3. The van der Waals surface area contributed by atoms with Crippen molar-refractivity contribution in [2.45, 2.75) is 38.2 Å². The summed E-state index contributed by atoms with van der Waals surface area (Å²) in [4.78, 5) is 0. The standard InChI is InChI=1S/C15H21NO2/c17-14-4-1-11(2-5-14)10-16-13-3-6-15-12(9-13)7-8-18-15/h3,6,9,11,14,16-17H,1-2,4-5,7-8,10H2. The lowest BCUT2D eigenvalue weighted by molar-refractivity contribution is 0.111. The molecule has 3 rings (SSSR count). The number of aliphatic hydroxyl groups excluding tert-OH is 1. The molecule has 1 aliphatic carbocycles. The van der Waals surface area contributed by atoms with Gasteiger partial charge in [-0.05, 0) is 55.4 Å². The lowest BCUT2D eigenvalue weighted by Crippen LogP contribution is -2.23. The van der Waals surface area contributed by atoms with Crippen molar-refractivity contribution < 1.29 is 9.84 Å². The minimum absolute atomic E-state index is 0.0570. The van der Waals surface area contributed by atoms with Crippen LogP contribution < -0.4 is 10.1 Å². The van der Waals surface area contributed by atoms with Crippen molar-refractivity contribution in [1.29, 1.82) is 0 Å². The van der Waals surface area contributed by atoms with E-state index in [-0.39, 0.29) is 6.10 Å². The van der Waals surface area contributed by atoms with Crippen molar-refractivity contribution in [2.24, 2.45) is 5.92 Å². The number of hydrogen-bond donors (Lipinski definition) is 2. The summed E-state index contributed by atoms with van der Waals surface area (Å²) in [5.41, 5.74) is 2.52. The molecular formula is C15H21NO2. The third kappa shape index (κ3) is 2.61. The summed E-state index contributed by atoms with van der Waals surface area (Å²) in [5.74, 6) is 1.75. The molecule has 0 aromatic heterocycles. The molecular weight excluding hydrogens is 226 g/mol. The molecule has 2 aliphatic rings. The number of nitrogens with one attached hydrogen (secondary N) is 1. The van der Waals surface area contributed by atoms with Crippen LogP contribution in [0.1, 0.15) is 31.2 Å². The van der Waals surface area contributed by atoms with Gasteiger partial charge in [0.05, 0.1) is 12.7 Å². The smallest absolute Gasteiger partial charge is 0.122 e. The van der Waals surface area contributed by atoms with Gasteiger partial charge in [-0.15, -0.1) is 0 Å². The van der Waals surface area contributed by atoms with E-state index in [4.69, 9.17) is 4.74 Å². The van der Waals surface area contributed by atoms with Gasteiger partial charge in [0.1, 0.15) is 5.75 Å². The van der Waals surface area contributed by atoms with E-state index in [0.717, 1.165) is 51.0 Å². The van der Waals surface area contributed by atoms with E-state index in [1.807, 2.05) is 0 Å². The minimum atomic E-state index is -0.0570. The fourth-order valence-corrected chi connectivity index (χ4v) is 2.91. The molecule has 0 radical (unpaired) electrons. The van der Waals surface area contributed by atoms with Gasteiger partial charge in [-0.3, -0.25) is 0 Å². The molecule has 1 heterocycles. The first kappa shape index (κ1) is 11.8. The summed E-state index contributed by atoms with van der Waals surface area (Å²) in [7, 11) is 0. The van der Waals surface area contributed by atoms with Crippen LogP contribution in [-0.4, -0.2) is 24.4 Å². The van der Waals surface area contributed by atoms with Gasteiger partial charge in [0.2, 0.25) is 0 Å². The monoisotopic (exact) mass is 247 g/mol. The Bertz CT molecular complexity index is 411. The molecule has 1 fully saturated rings. The zero-order chi connectivity index (χ0) is 12.4. The maximum Gasteiger partial charge on any atom is 0.122 e. The maximum atomic E-state index is 9.48. The second-order valence-electron chi connectivity index (χ2n) is 5.48. The summed E-state index contributed by atoms with van der Waals surface area (Å²) in [5, 5.41) is 13.0. The summed E-state index contributed by atoms with van der Waals surface area (Å²) in [6.07, 6.45) is 5.18. The molecule has 0 bridgehead atoms. The summed E-state index contributed by atoms with van der Waals surface area (Å²) in [6.45, 7) is 1.84. The van der Waals surface area contributed by atoms with Gasteiger partial charge >= 0.3 is 0 Å². The molecule has 0 amide bonds. The molecule has 1 aromatic rings. The molecule has 2 N–H and O–H groups in total. The van der Waals surface area contributed by atoms with E-state index in [0.29, 0.717) is 5.92 Å². The highest BCUT2D eigenvalue weighted by molar-refractivity contribution is 5.52. The number of ether oxygens (including phenoxy) is 1. The third-order valence-corrected chi connectivity index (χ3v) is 4.10. The molecule has 98 valence electrons. The first-order chi connectivity index (χ1) is 8.81. The maximum absolute atomic E-state index is 9.48. The molecule has 3 nitrogen and oxygen atoms in total. The van der Waals surface area contributed by atoms with Crippen molar-refractivity contribution in [3.8, 4) is 5.75 Å². The zero-order valence-corrected chi connectivity index (χ0v) is 10.7. The van der Waals surface area contributed by atoms with Crippen molar-refractivity contribution in [1.82, 2.24) is 0 Å². The molecule has 0 saturated heterocycles. The Morgan fingerprint density at radius 1 is 1.22 bits per heavy atom. The zero-order valence-electron chi connectivity index (χ0n) is 10.7. The van der Waals surface area contributed by atoms with Gasteiger partial charge in [0.15, 0.2) is 0 Å². The minimum Gasteiger partial charge on any atom is -0.493 e. The normalized spacial score (nSPS) is 26.5. The Morgan fingerprint density at radius 2 is 2.06 bits per heavy atom. The van der Waals surface area contributed by atoms with Crippen LogP contribution in [0.25, 0.3) is 0 Å². The molecule has 0 spiro atoms. The van der Waals surface area contributed by atoms with Crippen LogP contribution in [0.15, 0.2) is 18.2 Å². The second-order valence-corrected chi connectivity index (χ2v) is 5.48. The van der Waals surface area contributed by atoms with Crippen molar-refractivity contribution >= 4 is 5.69 Å². The van der Waals surface area contributed by atoms with Gasteiger partial charge in [0.25, 0.3) is 0 Å². The molecule has 1 aliphatic heterocycles. The number of anilines is 1. The van der Waals surface area contributed by atoms with Gasteiger partial charge in [-0.25, -0.2) is 0 Å². The number of fused-ring (bicyclic) bond motifs is 1. The van der Waals surface area contributed by atoms with Crippen LogP contribution in [0.5, 0.6) is 5.75 Å². The van der Waals surface area contributed by atoms with E-state index in [2.05, 4.69) is 23.5 Å². The predicted octanol–water partition coefficient (Wildman–Crippen LogP) is 2.58. The second kappa shape index (κ2) is 5.19. The average Bonchev–Trinajstić information content (AvgIpc) is 2.85. The Balaban J connectivity index is 1.54. The van der Waals surface area contributed by atoms with E-state index in [1.165, 1.54) is 11.3 Å². The average molecular weight is 247 g/mol. The van der Waals surface area contributed by atoms with Gasteiger partial charge in [0, 0.05) is 18.7 Å². The first-order valence-corrected chi connectivity index (χ1v) is 6.99. The largest absolute Gasteiger partial charge is 0.493 e. The van der Waals surface area contributed by atoms with Crippen LogP contribution in [0.2, 0.25) is 0 Å². The third-order valence-electron chi connectivity index (χ3n) is 4.10. The highest BCUT2D eigenvalue weighted by atomic mass is 16.5. The van der Waals surface area contributed by atoms with E-state index in [1.54, 1.807) is 0 Å². The Labute approximate surface area is 108 Å². The van der Waals surface area contributed by atoms with Gasteiger partial charge in [-0.1, -0.05) is 0 Å². The van der Waals surface area contributed by atoms with Crippen molar-refractivity contribution in [3.05, 3.63) is 23.8 Å². The molecule has 0 atom stereocenters. The van der Waals surface area contributed by atoms with Gasteiger partial charge < -0.3 is 15.2 Å². The Morgan fingerprint density at radius 3 is 2.89 bits per heavy atom. The van der Waals surface area contributed by atoms with Crippen LogP contribution in [-0.2, 0) is 6.42 Å². The predicted molar refractivity (Wildman–Crippen MR) is 72.1 cm³/mol. The molecule has 18 heavy (non-hydrogen) atoms. The van der Waals surface area contributed by atoms with Crippen LogP contribution >= 0.6 is 0 Å². The van der Waals surface area contributed by atoms with Crippen LogP contribution in [0, 0.1) is 5.92 Å². The summed E-state index contributed by atoms with van der Waals surface area (Å²) in [6, 6.07) is 6.37. The lowest BCUT2D eigenvalue weighted by atomic mass is 9.87. The number of rotatable bonds is 3. The topological polar surface area (TPSA) is 41.5 Å². The molecule has 1 aromatic carbocycles. The Hall–Kier alpha value is -1.22. The summed E-state index contributed by atoms with van der Waals surface area (Å²) < 4.78 is 5.50. The number of benzene rings is 1. The fourth-order valence-electron chi connectivity index (χ4n) is 2.91. The number of aliphatic hydroxyl groups is 1. The van der Waals surface area contributed by atoms with Crippen molar-refractivity contribution in [3.63, 3.8) is 0 Å². The highest BCUT2D eigenvalue weighted by Gasteiger charge is 2.19. The van der Waals surface area contributed by atoms with E-state index >= 15 is 0 Å². The van der Waals surface area contributed by atoms with E-state index < -0.39 is 0 Å². The quantitative estimate of drug-likeness (QED) is 0.862. The summed E-state index contributed by atoms with van der Waals surface area (Å²) >= 11 is 0. The molecule has 0 unspecified atom stereocenters. The highest BCUT2D eigenvalue weighted by Crippen LogP contribution is 2.29. The first-order valence-electron chi connectivity index (χ1n) is 6.99. The van der Waals surface area contributed by atoms with E-state index in [9.17, 15) is 5.11 Å². The van der Waals surface area contributed by atoms with Crippen molar-refractivity contribution in [2.75, 3.05) is 18.5 Å². The van der Waals surface area contributed by atoms with Crippen LogP contribution in [0.4, 0.5) is 5.69 Å². The van der Waals surface area contributed by atoms with Gasteiger partial charge in [-0.2, -0.15) is 0 Å².